The van der Waals surface area contributed by atoms with Gasteiger partial charge in [-0.3, -0.25) is 9.80 Å². The van der Waals surface area contributed by atoms with Gasteiger partial charge in [-0.2, -0.15) is 0 Å². The molecule has 20 heavy (non-hydrogen) atoms. The van der Waals surface area contributed by atoms with Crippen molar-refractivity contribution in [1.82, 2.24) is 14.8 Å². The smallest absolute Gasteiger partial charge is 0.125 e. The Labute approximate surface area is 122 Å². The monoisotopic (exact) mass is 274 g/mol. The van der Waals surface area contributed by atoms with Gasteiger partial charge in [0.25, 0.3) is 0 Å². The van der Waals surface area contributed by atoms with Crippen LogP contribution in [0.15, 0.2) is 18.3 Å². The van der Waals surface area contributed by atoms with Gasteiger partial charge in [0, 0.05) is 45.0 Å². The van der Waals surface area contributed by atoms with Crippen LogP contribution in [0.1, 0.15) is 31.7 Å². The van der Waals surface area contributed by atoms with E-state index in [4.69, 9.17) is 0 Å². The Morgan fingerprint density at radius 2 is 2.20 bits per heavy atom. The van der Waals surface area contributed by atoms with Gasteiger partial charge in [-0.05, 0) is 37.9 Å². The number of pyridine rings is 1. The maximum atomic E-state index is 4.47. The lowest BCUT2D eigenvalue weighted by Crippen LogP contribution is -2.54. The van der Waals surface area contributed by atoms with Gasteiger partial charge in [0.1, 0.15) is 5.82 Å². The molecule has 0 spiro atoms. The molecule has 2 fully saturated rings. The summed E-state index contributed by atoms with van der Waals surface area (Å²) in [5.41, 5.74) is 1.33. The normalized spacial score (nSPS) is 24.4. The number of piperidine rings is 1. The second-order valence-corrected chi connectivity index (χ2v) is 6.00. The van der Waals surface area contributed by atoms with Crippen molar-refractivity contribution >= 4 is 5.82 Å². The number of nitrogens with zero attached hydrogens (tertiary/aromatic N) is 3. The number of anilines is 1. The van der Waals surface area contributed by atoms with Crippen LogP contribution < -0.4 is 5.32 Å². The van der Waals surface area contributed by atoms with Gasteiger partial charge >= 0.3 is 0 Å². The average Bonchev–Trinajstić information content (AvgIpc) is 2.49. The molecule has 2 aliphatic rings. The fraction of sp³-hybridized carbons (Fsp3) is 0.688. The molecule has 0 bridgehead atoms. The van der Waals surface area contributed by atoms with E-state index >= 15 is 0 Å². The lowest BCUT2D eigenvalue weighted by atomic mass is 9.99. The van der Waals surface area contributed by atoms with Crippen LogP contribution in [0, 0.1) is 0 Å². The third kappa shape index (κ3) is 3.30. The molecule has 2 aliphatic heterocycles. The summed E-state index contributed by atoms with van der Waals surface area (Å²) in [6, 6.07) is 5.10. The lowest BCUT2D eigenvalue weighted by molar-refractivity contribution is 0.0456. The number of aromatic nitrogens is 1. The average molecular weight is 274 g/mol. The summed E-state index contributed by atoms with van der Waals surface area (Å²) in [6.07, 6.45) is 6.21. The van der Waals surface area contributed by atoms with Gasteiger partial charge in [0.15, 0.2) is 0 Å². The highest BCUT2D eigenvalue weighted by molar-refractivity contribution is 5.35. The molecule has 110 valence electrons. The van der Waals surface area contributed by atoms with E-state index in [1.165, 1.54) is 51.0 Å². The van der Waals surface area contributed by atoms with Gasteiger partial charge in [-0.1, -0.05) is 12.5 Å². The molecule has 2 saturated heterocycles. The number of piperazine rings is 1. The van der Waals surface area contributed by atoms with Crippen molar-refractivity contribution in [2.75, 3.05) is 38.0 Å². The van der Waals surface area contributed by atoms with E-state index < -0.39 is 0 Å². The van der Waals surface area contributed by atoms with Crippen LogP contribution in [0.3, 0.4) is 0 Å². The highest BCUT2D eigenvalue weighted by atomic mass is 15.3. The van der Waals surface area contributed by atoms with Crippen molar-refractivity contribution in [3.05, 3.63) is 23.9 Å². The largest absolute Gasteiger partial charge is 0.370 e. The first-order valence-corrected chi connectivity index (χ1v) is 8.00. The minimum Gasteiger partial charge on any atom is -0.370 e. The molecule has 0 amide bonds. The second kappa shape index (κ2) is 6.55. The molecule has 0 aliphatic carbocycles. The molecule has 1 aromatic rings. The zero-order valence-electron chi connectivity index (χ0n) is 12.5. The Kier molecular flexibility index (Phi) is 4.53. The first-order valence-electron chi connectivity index (χ1n) is 8.00. The molecule has 3 heterocycles. The number of hydrogen-bond donors (Lipinski definition) is 1. The van der Waals surface area contributed by atoms with E-state index in [1.54, 1.807) is 0 Å². The fourth-order valence-electron chi connectivity index (χ4n) is 3.43. The molecule has 0 radical (unpaired) electrons. The zero-order chi connectivity index (χ0) is 13.8. The van der Waals surface area contributed by atoms with Crippen LogP contribution in [-0.2, 0) is 6.54 Å². The molecule has 3 rings (SSSR count). The molecule has 0 aromatic carbocycles. The van der Waals surface area contributed by atoms with Gasteiger partial charge in [-0.15, -0.1) is 0 Å². The highest BCUT2D eigenvalue weighted by Crippen LogP contribution is 2.22. The summed E-state index contributed by atoms with van der Waals surface area (Å²) in [5.74, 6) is 0.980. The Morgan fingerprint density at radius 1 is 1.25 bits per heavy atom. The fourth-order valence-corrected chi connectivity index (χ4v) is 3.43. The maximum Gasteiger partial charge on any atom is 0.125 e. The molecule has 1 atom stereocenters. The molecule has 1 aromatic heterocycles. The van der Waals surface area contributed by atoms with Crippen LogP contribution >= 0.6 is 0 Å². The Bertz CT molecular complexity index is 417. The van der Waals surface area contributed by atoms with E-state index in [2.05, 4.69) is 39.2 Å². The third-order valence-corrected chi connectivity index (χ3v) is 4.51. The minimum atomic E-state index is 0.798. The number of nitrogens with one attached hydrogen (secondary N) is 1. The van der Waals surface area contributed by atoms with E-state index in [9.17, 15) is 0 Å². The Morgan fingerprint density at radius 3 is 3.00 bits per heavy atom. The van der Waals surface area contributed by atoms with Gasteiger partial charge in [-0.25, -0.2) is 4.98 Å². The van der Waals surface area contributed by atoms with Crippen LogP contribution in [0.5, 0.6) is 0 Å². The van der Waals surface area contributed by atoms with Crippen molar-refractivity contribution < 1.29 is 0 Å². The van der Waals surface area contributed by atoms with Crippen molar-refractivity contribution in [3.63, 3.8) is 0 Å². The summed E-state index contributed by atoms with van der Waals surface area (Å²) in [4.78, 5) is 9.75. The molecular weight excluding hydrogens is 248 g/mol. The first kappa shape index (κ1) is 13.8. The molecule has 1 N–H and O–H groups in total. The molecular formula is C16H26N4. The molecule has 4 nitrogen and oxygen atoms in total. The number of fused-ring (bicyclic) bond motifs is 1. The summed E-state index contributed by atoms with van der Waals surface area (Å²) in [7, 11) is 0. The molecule has 0 saturated carbocycles. The standard InChI is InChI=1S/C16H26N4/c1-2-17-16-7-6-14(11-18-16)12-19-9-10-20-8-4-3-5-15(20)13-19/h6-7,11,15H,2-5,8-10,12-13H2,1H3,(H,17,18). The van der Waals surface area contributed by atoms with Crippen molar-refractivity contribution in [2.45, 2.75) is 38.8 Å². The van der Waals surface area contributed by atoms with Gasteiger partial charge in [0.2, 0.25) is 0 Å². The Balaban J connectivity index is 1.55. The van der Waals surface area contributed by atoms with E-state index in [1.807, 2.05) is 6.20 Å². The van der Waals surface area contributed by atoms with E-state index in [0.29, 0.717) is 0 Å². The molecule has 1 unspecified atom stereocenters. The SMILES string of the molecule is CCNc1ccc(CN2CCN3CCCCC3C2)cn1. The summed E-state index contributed by atoms with van der Waals surface area (Å²) in [6.45, 7) is 9.06. The number of hydrogen-bond acceptors (Lipinski definition) is 4. The van der Waals surface area contributed by atoms with E-state index in [-0.39, 0.29) is 0 Å². The highest BCUT2D eigenvalue weighted by Gasteiger charge is 2.28. The van der Waals surface area contributed by atoms with Crippen molar-refractivity contribution in [2.24, 2.45) is 0 Å². The zero-order valence-corrected chi connectivity index (χ0v) is 12.5. The number of rotatable bonds is 4. The van der Waals surface area contributed by atoms with Crippen LogP contribution in [0.4, 0.5) is 5.82 Å². The van der Waals surface area contributed by atoms with E-state index in [0.717, 1.165) is 24.9 Å². The van der Waals surface area contributed by atoms with Gasteiger partial charge < -0.3 is 5.32 Å². The second-order valence-electron chi connectivity index (χ2n) is 6.00. The topological polar surface area (TPSA) is 31.4 Å². The summed E-state index contributed by atoms with van der Waals surface area (Å²) < 4.78 is 0. The third-order valence-electron chi connectivity index (χ3n) is 4.51. The Hall–Kier alpha value is -1.13. The maximum absolute atomic E-state index is 4.47. The van der Waals surface area contributed by atoms with Crippen molar-refractivity contribution in [3.8, 4) is 0 Å². The first-order chi connectivity index (χ1) is 9.85. The van der Waals surface area contributed by atoms with Crippen LogP contribution in [-0.4, -0.2) is 53.5 Å². The van der Waals surface area contributed by atoms with Crippen molar-refractivity contribution in [1.29, 1.82) is 0 Å². The predicted octanol–water partition coefficient (Wildman–Crippen LogP) is 2.18. The summed E-state index contributed by atoms with van der Waals surface area (Å²) >= 11 is 0. The predicted molar refractivity (Wildman–Crippen MR) is 82.9 cm³/mol. The molecule has 4 heteroatoms. The minimum absolute atomic E-state index is 0.798. The summed E-state index contributed by atoms with van der Waals surface area (Å²) in [5, 5.41) is 3.24. The quantitative estimate of drug-likeness (QED) is 0.912. The lowest BCUT2D eigenvalue weighted by Gasteiger charge is -2.44. The van der Waals surface area contributed by atoms with Crippen LogP contribution in [0.2, 0.25) is 0 Å². The van der Waals surface area contributed by atoms with Gasteiger partial charge in [0.05, 0.1) is 0 Å². The van der Waals surface area contributed by atoms with Crippen LogP contribution in [0.25, 0.3) is 0 Å².